The molecule has 1 aromatic rings. The van der Waals surface area contributed by atoms with Crippen molar-refractivity contribution in [2.45, 2.75) is 38.6 Å². The number of carboxylic acids is 1. The second kappa shape index (κ2) is 7.06. The number of ether oxygens (including phenoxy) is 1. The van der Waals surface area contributed by atoms with E-state index in [2.05, 4.69) is 5.32 Å². The van der Waals surface area contributed by atoms with E-state index in [1.807, 2.05) is 0 Å². The molecule has 0 aliphatic heterocycles. The molecular weight excluding hydrogens is 277 g/mol. The molecule has 116 valence electrons. The minimum absolute atomic E-state index is 0.00690. The molecule has 0 saturated carbocycles. The van der Waals surface area contributed by atoms with Crippen LogP contribution in [0.1, 0.15) is 32.3 Å². The molecule has 5 nitrogen and oxygen atoms in total. The molecule has 0 saturated heterocycles. The van der Waals surface area contributed by atoms with Gasteiger partial charge in [-0.2, -0.15) is 0 Å². The third-order valence-electron chi connectivity index (χ3n) is 3.48. The van der Waals surface area contributed by atoms with E-state index in [1.54, 1.807) is 19.1 Å². The highest BCUT2D eigenvalue weighted by Gasteiger charge is 2.32. The van der Waals surface area contributed by atoms with E-state index >= 15 is 0 Å². The largest absolute Gasteiger partial charge is 0.494 e. The van der Waals surface area contributed by atoms with Crippen molar-refractivity contribution in [2.24, 2.45) is 0 Å². The van der Waals surface area contributed by atoms with Crippen molar-refractivity contribution < 1.29 is 23.8 Å². The molecular formula is C15H20FNO4. The van der Waals surface area contributed by atoms with Crippen molar-refractivity contribution >= 4 is 11.9 Å². The maximum absolute atomic E-state index is 13.9. The first-order valence-electron chi connectivity index (χ1n) is 6.69. The summed E-state index contributed by atoms with van der Waals surface area (Å²) >= 11 is 0. The zero-order valence-electron chi connectivity index (χ0n) is 12.4. The predicted octanol–water partition coefficient (Wildman–Crippen LogP) is 2.14. The van der Waals surface area contributed by atoms with Crippen LogP contribution >= 0.6 is 0 Å². The van der Waals surface area contributed by atoms with Crippen LogP contribution < -0.4 is 10.1 Å². The average Bonchev–Trinajstić information content (AvgIpc) is 2.45. The summed E-state index contributed by atoms with van der Waals surface area (Å²) in [7, 11) is 1.37. The van der Waals surface area contributed by atoms with E-state index < -0.39 is 23.2 Å². The fourth-order valence-electron chi connectivity index (χ4n) is 1.82. The molecule has 0 aliphatic rings. The number of nitrogens with one attached hydrogen (secondary N) is 1. The summed E-state index contributed by atoms with van der Waals surface area (Å²) in [6.45, 7) is 3.12. The van der Waals surface area contributed by atoms with E-state index in [0.29, 0.717) is 5.56 Å². The third kappa shape index (κ3) is 4.18. The van der Waals surface area contributed by atoms with Gasteiger partial charge in [-0.3, -0.25) is 4.79 Å². The van der Waals surface area contributed by atoms with Gasteiger partial charge in [-0.1, -0.05) is 19.1 Å². The number of aliphatic carboxylic acids is 1. The topological polar surface area (TPSA) is 75.6 Å². The Morgan fingerprint density at radius 2 is 2.10 bits per heavy atom. The Hall–Kier alpha value is -2.11. The Balaban J connectivity index is 2.68. The number of halogens is 1. The molecule has 0 aromatic heterocycles. The predicted molar refractivity (Wildman–Crippen MR) is 75.7 cm³/mol. The monoisotopic (exact) mass is 297 g/mol. The van der Waals surface area contributed by atoms with Crippen LogP contribution in [0, 0.1) is 5.82 Å². The summed E-state index contributed by atoms with van der Waals surface area (Å²) in [5, 5.41) is 11.6. The fourth-order valence-corrected chi connectivity index (χ4v) is 1.82. The summed E-state index contributed by atoms with van der Waals surface area (Å²) in [6.07, 6.45) is 0.447. The lowest BCUT2D eigenvalue weighted by atomic mass is 9.98. The number of methoxy groups -OCH3 is 1. The average molecular weight is 297 g/mol. The summed E-state index contributed by atoms with van der Waals surface area (Å²) < 4.78 is 18.8. The normalized spacial score (nSPS) is 13.3. The molecule has 1 rings (SSSR count). The van der Waals surface area contributed by atoms with Gasteiger partial charge in [0.1, 0.15) is 5.54 Å². The number of hydrogen-bond acceptors (Lipinski definition) is 3. The van der Waals surface area contributed by atoms with Gasteiger partial charge in [-0.25, -0.2) is 9.18 Å². The Morgan fingerprint density at radius 3 is 2.62 bits per heavy atom. The Morgan fingerprint density at radius 1 is 1.43 bits per heavy atom. The standard InChI is InChI=1S/C15H20FNO4/c1-4-15(2,14(19)20)17-12(18)9-8-10-6-5-7-11(21-3)13(10)16/h5-7H,4,8-9H2,1-3H3,(H,17,18)(H,19,20). The smallest absolute Gasteiger partial charge is 0.329 e. The van der Waals surface area contributed by atoms with Gasteiger partial charge < -0.3 is 15.2 Å². The second-order valence-corrected chi connectivity index (χ2v) is 4.97. The molecule has 21 heavy (non-hydrogen) atoms. The molecule has 1 unspecified atom stereocenters. The number of carbonyl (C=O) groups is 2. The van der Waals surface area contributed by atoms with Crippen LogP contribution in [0.3, 0.4) is 0 Å². The first kappa shape index (κ1) is 16.9. The van der Waals surface area contributed by atoms with Gasteiger partial charge in [0.2, 0.25) is 5.91 Å². The summed E-state index contributed by atoms with van der Waals surface area (Å²) in [5.41, 5.74) is -0.942. The Kier molecular flexibility index (Phi) is 5.69. The molecule has 2 N–H and O–H groups in total. The number of hydrogen-bond donors (Lipinski definition) is 2. The highest BCUT2D eigenvalue weighted by Crippen LogP contribution is 2.21. The number of aryl methyl sites for hydroxylation is 1. The third-order valence-corrected chi connectivity index (χ3v) is 3.48. The van der Waals surface area contributed by atoms with Gasteiger partial charge in [0.15, 0.2) is 11.6 Å². The van der Waals surface area contributed by atoms with Crippen LogP contribution in [0.25, 0.3) is 0 Å². The number of rotatable bonds is 7. The van der Waals surface area contributed by atoms with E-state index in [0.717, 1.165) is 0 Å². The molecule has 1 aromatic carbocycles. The molecule has 1 atom stereocenters. The maximum atomic E-state index is 13.9. The van der Waals surface area contributed by atoms with Crippen molar-refractivity contribution in [3.05, 3.63) is 29.6 Å². The first-order chi connectivity index (χ1) is 9.84. The quantitative estimate of drug-likeness (QED) is 0.808. The van der Waals surface area contributed by atoms with Crippen molar-refractivity contribution in [2.75, 3.05) is 7.11 Å². The lowest BCUT2D eigenvalue weighted by Crippen LogP contribution is -2.51. The van der Waals surface area contributed by atoms with Gasteiger partial charge in [0, 0.05) is 6.42 Å². The zero-order valence-corrected chi connectivity index (χ0v) is 12.4. The van der Waals surface area contributed by atoms with Gasteiger partial charge >= 0.3 is 5.97 Å². The lowest BCUT2D eigenvalue weighted by Gasteiger charge is -2.24. The molecule has 6 heteroatoms. The zero-order chi connectivity index (χ0) is 16.0. The van der Waals surface area contributed by atoms with Gasteiger partial charge in [-0.15, -0.1) is 0 Å². The van der Waals surface area contributed by atoms with Crippen LogP contribution in [0.15, 0.2) is 18.2 Å². The molecule has 0 fully saturated rings. The van der Waals surface area contributed by atoms with E-state index in [1.165, 1.54) is 20.1 Å². The molecule has 0 heterocycles. The van der Waals surface area contributed by atoms with Crippen LogP contribution in [-0.2, 0) is 16.0 Å². The number of carbonyl (C=O) groups excluding carboxylic acids is 1. The highest BCUT2D eigenvalue weighted by atomic mass is 19.1. The van der Waals surface area contributed by atoms with Crippen LogP contribution in [0.5, 0.6) is 5.75 Å². The fraction of sp³-hybridized carbons (Fsp3) is 0.467. The summed E-state index contributed by atoms with van der Waals surface area (Å²) in [5.74, 6) is -1.89. The van der Waals surface area contributed by atoms with Gasteiger partial charge in [0.05, 0.1) is 7.11 Å². The van der Waals surface area contributed by atoms with E-state index in [4.69, 9.17) is 9.84 Å². The van der Waals surface area contributed by atoms with Crippen molar-refractivity contribution in [3.8, 4) is 5.75 Å². The van der Waals surface area contributed by atoms with Gasteiger partial charge in [0.25, 0.3) is 0 Å². The number of benzene rings is 1. The molecule has 0 bridgehead atoms. The van der Waals surface area contributed by atoms with Crippen molar-refractivity contribution in [1.82, 2.24) is 5.32 Å². The van der Waals surface area contributed by atoms with E-state index in [-0.39, 0.29) is 25.0 Å². The molecule has 0 aliphatic carbocycles. The summed E-state index contributed by atoms with van der Waals surface area (Å²) in [4.78, 5) is 22.9. The van der Waals surface area contributed by atoms with Gasteiger partial charge in [-0.05, 0) is 31.4 Å². The van der Waals surface area contributed by atoms with Crippen molar-refractivity contribution in [1.29, 1.82) is 0 Å². The SMILES string of the molecule is CCC(C)(NC(=O)CCc1cccc(OC)c1F)C(=O)O. The minimum atomic E-state index is -1.30. The number of carboxylic acid groups (broad SMARTS) is 1. The van der Waals surface area contributed by atoms with Crippen LogP contribution in [0.2, 0.25) is 0 Å². The second-order valence-electron chi connectivity index (χ2n) is 4.97. The maximum Gasteiger partial charge on any atom is 0.329 e. The lowest BCUT2D eigenvalue weighted by molar-refractivity contribution is -0.147. The van der Waals surface area contributed by atoms with E-state index in [9.17, 15) is 14.0 Å². The minimum Gasteiger partial charge on any atom is -0.494 e. The number of amides is 1. The van der Waals surface area contributed by atoms with Crippen LogP contribution in [-0.4, -0.2) is 29.6 Å². The molecule has 0 radical (unpaired) electrons. The van der Waals surface area contributed by atoms with Crippen LogP contribution in [0.4, 0.5) is 4.39 Å². The summed E-state index contributed by atoms with van der Waals surface area (Å²) in [6, 6.07) is 4.71. The molecule has 1 amide bonds. The Labute approximate surface area is 123 Å². The Bertz CT molecular complexity index is 532. The molecule has 0 spiro atoms. The highest BCUT2D eigenvalue weighted by molar-refractivity contribution is 5.86. The first-order valence-corrected chi connectivity index (χ1v) is 6.69. The van der Waals surface area contributed by atoms with Crippen molar-refractivity contribution in [3.63, 3.8) is 0 Å².